The van der Waals surface area contributed by atoms with E-state index >= 15 is 0 Å². The first-order valence-corrected chi connectivity index (χ1v) is 8.79. The van der Waals surface area contributed by atoms with Crippen LogP contribution in [0.1, 0.15) is 45.4 Å². The third-order valence-corrected chi connectivity index (χ3v) is 6.55. The van der Waals surface area contributed by atoms with Crippen molar-refractivity contribution in [2.75, 3.05) is 19.6 Å². The number of hydrogen-bond acceptors (Lipinski definition) is 3. The summed E-state index contributed by atoms with van der Waals surface area (Å²) in [6.07, 6.45) is 4.39. The Morgan fingerprint density at radius 3 is 2.35 bits per heavy atom. The minimum Gasteiger partial charge on any atom is -0.481 e. The lowest BCUT2D eigenvalue weighted by Gasteiger charge is -2.38. The lowest BCUT2D eigenvalue weighted by Crippen LogP contribution is -2.51. The molecule has 0 radical (unpaired) electrons. The van der Waals surface area contributed by atoms with E-state index < -0.39 is 16.2 Å². The first-order chi connectivity index (χ1) is 9.41. The molecule has 1 N–H and O–H groups in total. The summed E-state index contributed by atoms with van der Waals surface area (Å²) in [7, 11) is -3.37. The zero-order valence-corrected chi connectivity index (χ0v) is 12.8. The van der Waals surface area contributed by atoms with Gasteiger partial charge in [-0.1, -0.05) is 6.42 Å². The molecule has 2 saturated heterocycles. The number of nitrogens with zero attached hydrogens (tertiary/aromatic N) is 2. The number of carboxylic acid groups (broad SMARTS) is 1. The molecule has 0 bridgehead atoms. The van der Waals surface area contributed by atoms with Crippen molar-refractivity contribution in [2.24, 2.45) is 5.92 Å². The van der Waals surface area contributed by atoms with E-state index in [-0.39, 0.29) is 18.4 Å². The van der Waals surface area contributed by atoms with Gasteiger partial charge in [-0.2, -0.15) is 17.0 Å². The van der Waals surface area contributed by atoms with Crippen LogP contribution in [-0.4, -0.2) is 53.8 Å². The number of rotatable bonds is 4. The maximum absolute atomic E-state index is 12.6. The summed E-state index contributed by atoms with van der Waals surface area (Å²) in [5.74, 6) is -0.686. The van der Waals surface area contributed by atoms with Gasteiger partial charge in [0.05, 0.1) is 0 Å². The molecule has 1 unspecified atom stereocenters. The maximum Gasteiger partial charge on any atom is 0.303 e. The van der Waals surface area contributed by atoms with E-state index in [1.54, 1.807) is 4.31 Å². The van der Waals surface area contributed by atoms with Crippen molar-refractivity contribution in [1.82, 2.24) is 8.61 Å². The lowest BCUT2D eigenvalue weighted by molar-refractivity contribution is -0.138. The molecule has 0 saturated carbocycles. The summed E-state index contributed by atoms with van der Waals surface area (Å²) in [6, 6.07) is 0.0745. The van der Waals surface area contributed by atoms with Gasteiger partial charge in [0.25, 0.3) is 10.2 Å². The highest BCUT2D eigenvalue weighted by Crippen LogP contribution is 2.27. The van der Waals surface area contributed by atoms with E-state index in [1.165, 1.54) is 4.31 Å². The Morgan fingerprint density at radius 2 is 1.80 bits per heavy atom. The van der Waals surface area contributed by atoms with Crippen molar-refractivity contribution >= 4 is 16.2 Å². The second kappa shape index (κ2) is 6.41. The molecule has 2 heterocycles. The minimum atomic E-state index is -3.37. The largest absolute Gasteiger partial charge is 0.481 e. The third kappa shape index (κ3) is 3.51. The van der Waals surface area contributed by atoms with Crippen LogP contribution in [0, 0.1) is 5.92 Å². The molecule has 0 aromatic carbocycles. The van der Waals surface area contributed by atoms with E-state index in [0.29, 0.717) is 32.5 Å². The third-order valence-electron chi connectivity index (χ3n) is 4.40. The second-order valence-corrected chi connectivity index (χ2v) is 7.78. The number of piperidine rings is 2. The van der Waals surface area contributed by atoms with Crippen LogP contribution in [0.15, 0.2) is 0 Å². The zero-order valence-electron chi connectivity index (χ0n) is 12.0. The standard InChI is InChI=1S/C13H24N2O4S/c1-11-4-2-3-7-15(11)20(18,19)14-8-5-12(6-9-14)10-13(16)17/h11-12H,2-10H2,1H3,(H,16,17). The van der Waals surface area contributed by atoms with Gasteiger partial charge in [-0.3, -0.25) is 4.79 Å². The average Bonchev–Trinajstić information content (AvgIpc) is 2.39. The van der Waals surface area contributed by atoms with Crippen molar-refractivity contribution in [3.05, 3.63) is 0 Å². The molecule has 2 aliphatic heterocycles. The van der Waals surface area contributed by atoms with Gasteiger partial charge in [-0.05, 0) is 38.5 Å². The molecule has 7 heteroatoms. The van der Waals surface area contributed by atoms with Gasteiger partial charge < -0.3 is 5.11 Å². The highest BCUT2D eigenvalue weighted by molar-refractivity contribution is 7.86. The van der Waals surface area contributed by atoms with E-state index in [4.69, 9.17) is 5.11 Å². The van der Waals surface area contributed by atoms with Gasteiger partial charge in [-0.15, -0.1) is 0 Å². The molecule has 6 nitrogen and oxygen atoms in total. The molecule has 2 rings (SSSR count). The Morgan fingerprint density at radius 1 is 1.15 bits per heavy atom. The molecule has 1 atom stereocenters. The van der Waals surface area contributed by atoms with Crippen LogP contribution in [0.5, 0.6) is 0 Å². The topological polar surface area (TPSA) is 77.9 Å². The molecule has 0 aliphatic carbocycles. The first kappa shape index (κ1) is 15.7. The van der Waals surface area contributed by atoms with Gasteiger partial charge in [0.1, 0.15) is 0 Å². The predicted octanol–water partition coefficient (Wildman–Crippen LogP) is 1.29. The molecule has 0 aromatic rings. The summed E-state index contributed by atoms with van der Waals surface area (Å²) >= 11 is 0. The fraction of sp³-hybridized carbons (Fsp3) is 0.923. The molecular weight excluding hydrogens is 280 g/mol. The second-order valence-electron chi connectivity index (χ2n) is 5.90. The Balaban J connectivity index is 1.96. The van der Waals surface area contributed by atoms with Gasteiger partial charge in [0.2, 0.25) is 0 Å². The molecule has 116 valence electrons. The van der Waals surface area contributed by atoms with Crippen LogP contribution < -0.4 is 0 Å². The van der Waals surface area contributed by atoms with Crippen molar-refractivity contribution < 1.29 is 18.3 Å². The number of aliphatic carboxylic acids is 1. The number of carbonyl (C=O) groups is 1. The SMILES string of the molecule is CC1CCCCN1S(=O)(=O)N1CCC(CC(=O)O)CC1. The summed E-state index contributed by atoms with van der Waals surface area (Å²) < 4.78 is 28.4. The van der Waals surface area contributed by atoms with Crippen molar-refractivity contribution in [3.63, 3.8) is 0 Å². The van der Waals surface area contributed by atoms with Gasteiger partial charge in [-0.25, -0.2) is 0 Å². The van der Waals surface area contributed by atoms with Crippen LogP contribution in [0.3, 0.4) is 0 Å². The van der Waals surface area contributed by atoms with E-state index in [0.717, 1.165) is 19.3 Å². The van der Waals surface area contributed by atoms with E-state index in [2.05, 4.69) is 0 Å². The Kier molecular flexibility index (Phi) is 5.04. The fourth-order valence-electron chi connectivity index (χ4n) is 3.15. The molecule has 20 heavy (non-hydrogen) atoms. The van der Waals surface area contributed by atoms with Crippen molar-refractivity contribution in [2.45, 2.75) is 51.5 Å². The molecule has 0 amide bonds. The van der Waals surface area contributed by atoms with E-state index in [1.807, 2.05) is 6.92 Å². The molecule has 0 spiro atoms. The first-order valence-electron chi connectivity index (χ1n) is 7.40. The van der Waals surface area contributed by atoms with Crippen LogP contribution in [0.2, 0.25) is 0 Å². The van der Waals surface area contributed by atoms with Crippen LogP contribution in [0.25, 0.3) is 0 Å². The van der Waals surface area contributed by atoms with Crippen LogP contribution >= 0.6 is 0 Å². The van der Waals surface area contributed by atoms with Gasteiger partial charge in [0, 0.05) is 32.1 Å². The fourth-order valence-corrected chi connectivity index (χ4v) is 5.04. The number of hydrogen-bond donors (Lipinski definition) is 1. The average molecular weight is 304 g/mol. The quantitative estimate of drug-likeness (QED) is 0.849. The van der Waals surface area contributed by atoms with Crippen molar-refractivity contribution in [3.8, 4) is 0 Å². The van der Waals surface area contributed by atoms with Crippen molar-refractivity contribution in [1.29, 1.82) is 0 Å². The van der Waals surface area contributed by atoms with Gasteiger partial charge in [0.15, 0.2) is 0 Å². The summed E-state index contributed by atoms with van der Waals surface area (Å²) in [4.78, 5) is 10.7. The van der Waals surface area contributed by atoms with Crippen LogP contribution in [0.4, 0.5) is 0 Å². The van der Waals surface area contributed by atoms with E-state index in [9.17, 15) is 13.2 Å². The summed E-state index contributed by atoms with van der Waals surface area (Å²) in [5.41, 5.74) is 0. The summed E-state index contributed by atoms with van der Waals surface area (Å²) in [5, 5.41) is 8.79. The highest BCUT2D eigenvalue weighted by Gasteiger charge is 2.36. The highest BCUT2D eigenvalue weighted by atomic mass is 32.2. The smallest absolute Gasteiger partial charge is 0.303 e. The zero-order chi connectivity index (χ0) is 14.8. The Hall–Kier alpha value is -0.660. The summed E-state index contributed by atoms with van der Waals surface area (Å²) in [6.45, 7) is 3.47. The Labute approximate surface area is 120 Å². The van der Waals surface area contributed by atoms with Gasteiger partial charge >= 0.3 is 5.97 Å². The molecule has 2 aliphatic rings. The predicted molar refractivity (Wildman–Crippen MR) is 75.5 cm³/mol. The monoisotopic (exact) mass is 304 g/mol. The molecular formula is C13H24N2O4S. The Bertz CT molecular complexity index is 443. The number of carboxylic acids is 1. The normalized spacial score (nSPS) is 27.6. The lowest BCUT2D eigenvalue weighted by atomic mass is 9.95. The molecule has 2 fully saturated rings. The minimum absolute atomic E-state index is 0.0745. The molecule has 0 aromatic heterocycles. The maximum atomic E-state index is 12.6. The van der Waals surface area contributed by atoms with Crippen LogP contribution in [-0.2, 0) is 15.0 Å².